The fraction of sp³-hybridized carbons (Fsp3) is 0.273. The van der Waals surface area contributed by atoms with E-state index >= 15 is 0 Å². The molecule has 5 heteroatoms. The summed E-state index contributed by atoms with van der Waals surface area (Å²) >= 11 is 5.94. The molecule has 2 unspecified atom stereocenters. The monoisotopic (exact) mass is 237 g/mol. The molecule has 0 radical (unpaired) electrons. The molecule has 0 saturated heterocycles. The summed E-state index contributed by atoms with van der Waals surface area (Å²) in [6.45, 7) is 0. The summed E-state index contributed by atoms with van der Waals surface area (Å²) in [5.74, 6) is -0.762. The topological polar surface area (TPSA) is 63.3 Å². The zero-order valence-corrected chi connectivity index (χ0v) is 8.94. The number of rotatable bonds is 2. The van der Waals surface area contributed by atoms with Gasteiger partial charge >= 0.3 is 5.97 Å². The number of nitrogens with zero attached hydrogens (tertiary/aromatic N) is 1. The van der Waals surface area contributed by atoms with Crippen molar-refractivity contribution in [1.82, 2.24) is 4.98 Å². The number of aromatic nitrogens is 1. The van der Waals surface area contributed by atoms with Crippen LogP contribution in [0.5, 0.6) is 0 Å². The average Bonchev–Trinajstić information content (AvgIpc) is 2.92. The van der Waals surface area contributed by atoms with Crippen molar-refractivity contribution in [2.24, 2.45) is 5.92 Å². The van der Waals surface area contributed by atoms with Gasteiger partial charge in [-0.1, -0.05) is 17.7 Å². The SMILES string of the molecule is O=C(O)C1CC1c1nc2cccc(Cl)c2o1. The molecule has 16 heavy (non-hydrogen) atoms. The Hall–Kier alpha value is -1.55. The first-order chi connectivity index (χ1) is 7.66. The van der Waals surface area contributed by atoms with Gasteiger partial charge < -0.3 is 9.52 Å². The van der Waals surface area contributed by atoms with E-state index in [1.165, 1.54) is 0 Å². The molecule has 0 spiro atoms. The van der Waals surface area contributed by atoms with Gasteiger partial charge in [0.25, 0.3) is 0 Å². The molecule has 1 N–H and O–H groups in total. The molecule has 1 aliphatic carbocycles. The molecular formula is C11H8ClNO3. The van der Waals surface area contributed by atoms with Crippen molar-refractivity contribution in [1.29, 1.82) is 0 Å². The van der Waals surface area contributed by atoms with Gasteiger partial charge in [-0.15, -0.1) is 0 Å². The summed E-state index contributed by atoms with van der Waals surface area (Å²) in [5, 5.41) is 9.32. The van der Waals surface area contributed by atoms with Crippen LogP contribution in [0.2, 0.25) is 5.02 Å². The van der Waals surface area contributed by atoms with Crippen molar-refractivity contribution in [2.45, 2.75) is 12.3 Å². The fourth-order valence-electron chi connectivity index (χ4n) is 1.83. The number of carboxylic acids is 1. The lowest BCUT2D eigenvalue weighted by Gasteiger charge is -1.89. The van der Waals surface area contributed by atoms with Crippen molar-refractivity contribution in [3.63, 3.8) is 0 Å². The van der Waals surface area contributed by atoms with Crippen LogP contribution in [0.4, 0.5) is 0 Å². The highest BCUT2D eigenvalue weighted by molar-refractivity contribution is 6.34. The molecule has 2 aromatic rings. The molecular weight excluding hydrogens is 230 g/mol. The Bertz CT molecular complexity index is 578. The standard InChI is InChI=1S/C11H8ClNO3/c12-7-2-1-3-8-9(7)16-10(13-8)5-4-6(5)11(14)15/h1-3,5-6H,4H2,(H,14,15). The van der Waals surface area contributed by atoms with Gasteiger partial charge in [-0.2, -0.15) is 0 Å². The molecule has 1 aliphatic rings. The maximum Gasteiger partial charge on any atom is 0.307 e. The maximum absolute atomic E-state index is 10.7. The van der Waals surface area contributed by atoms with Crippen molar-refractivity contribution >= 4 is 28.7 Å². The minimum absolute atomic E-state index is 0.0963. The van der Waals surface area contributed by atoms with Crippen LogP contribution in [0.1, 0.15) is 18.2 Å². The first-order valence-corrected chi connectivity index (χ1v) is 5.32. The lowest BCUT2D eigenvalue weighted by atomic mass is 10.3. The Morgan fingerprint density at radius 2 is 2.38 bits per heavy atom. The zero-order chi connectivity index (χ0) is 11.3. The van der Waals surface area contributed by atoms with Crippen LogP contribution < -0.4 is 0 Å². The van der Waals surface area contributed by atoms with Crippen LogP contribution in [0.15, 0.2) is 22.6 Å². The van der Waals surface area contributed by atoms with Crippen LogP contribution in [-0.4, -0.2) is 16.1 Å². The first-order valence-electron chi connectivity index (χ1n) is 4.94. The Kier molecular flexibility index (Phi) is 1.94. The van der Waals surface area contributed by atoms with E-state index in [1.807, 2.05) is 0 Å². The van der Waals surface area contributed by atoms with E-state index in [4.69, 9.17) is 21.1 Å². The zero-order valence-electron chi connectivity index (χ0n) is 8.18. The minimum Gasteiger partial charge on any atom is -0.481 e. The highest BCUT2D eigenvalue weighted by Gasteiger charge is 2.47. The minimum atomic E-state index is -0.793. The quantitative estimate of drug-likeness (QED) is 0.872. The predicted octanol–water partition coefficient (Wildman–Crippen LogP) is 2.67. The van der Waals surface area contributed by atoms with E-state index < -0.39 is 5.97 Å². The molecule has 3 rings (SSSR count). The van der Waals surface area contributed by atoms with E-state index in [-0.39, 0.29) is 11.8 Å². The second-order valence-corrected chi connectivity index (χ2v) is 4.33. The number of para-hydroxylation sites is 1. The van der Waals surface area contributed by atoms with Crippen LogP contribution >= 0.6 is 11.6 Å². The van der Waals surface area contributed by atoms with Crippen LogP contribution in [-0.2, 0) is 4.79 Å². The molecule has 1 aromatic carbocycles. The number of fused-ring (bicyclic) bond motifs is 1. The Labute approximate surface area is 95.8 Å². The summed E-state index contributed by atoms with van der Waals surface area (Å²) in [7, 11) is 0. The van der Waals surface area contributed by atoms with Crippen LogP contribution in [0.25, 0.3) is 11.1 Å². The van der Waals surface area contributed by atoms with Gasteiger partial charge in [-0.3, -0.25) is 4.79 Å². The average molecular weight is 238 g/mol. The van der Waals surface area contributed by atoms with E-state index in [1.54, 1.807) is 18.2 Å². The third kappa shape index (κ3) is 1.38. The van der Waals surface area contributed by atoms with Gasteiger partial charge in [0, 0.05) is 5.92 Å². The summed E-state index contributed by atoms with van der Waals surface area (Å²) in [5.41, 5.74) is 1.22. The molecule has 0 amide bonds. The van der Waals surface area contributed by atoms with Crippen molar-refractivity contribution < 1.29 is 14.3 Å². The second kappa shape index (κ2) is 3.22. The van der Waals surface area contributed by atoms with E-state index in [0.29, 0.717) is 28.4 Å². The van der Waals surface area contributed by atoms with Gasteiger partial charge in [-0.25, -0.2) is 4.98 Å². The molecule has 1 fully saturated rings. The van der Waals surface area contributed by atoms with Gasteiger partial charge in [0.1, 0.15) is 5.52 Å². The van der Waals surface area contributed by atoms with E-state index in [9.17, 15) is 4.79 Å². The number of benzene rings is 1. The molecule has 0 aliphatic heterocycles. The van der Waals surface area contributed by atoms with E-state index in [0.717, 1.165) is 0 Å². The van der Waals surface area contributed by atoms with Gasteiger partial charge in [0.05, 0.1) is 10.9 Å². The number of hydrogen-bond acceptors (Lipinski definition) is 3. The van der Waals surface area contributed by atoms with Crippen molar-refractivity contribution in [2.75, 3.05) is 0 Å². The largest absolute Gasteiger partial charge is 0.481 e. The number of aliphatic carboxylic acids is 1. The third-order valence-electron chi connectivity index (χ3n) is 2.81. The molecule has 2 atom stereocenters. The van der Waals surface area contributed by atoms with Gasteiger partial charge in [0.2, 0.25) is 0 Å². The second-order valence-electron chi connectivity index (χ2n) is 3.93. The number of halogens is 1. The molecule has 0 bridgehead atoms. The third-order valence-corrected chi connectivity index (χ3v) is 3.11. The molecule has 1 saturated carbocycles. The molecule has 82 valence electrons. The first kappa shape index (κ1) is 9.66. The highest BCUT2D eigenvalue weighted by Crippen LogP contribution is 2.48. The molecule has 4 nitrogen and oxygen atoms in total. The highest BCUT2D eigenvalue weighted by atomic mass is 35.5. The number of hydrogen-bond donors (Lipinski definition) is 1. The normalized spacial score (nSPS) is 23.6. The smallest absolute Gasteiger partial charge is 0.307 e. The Morgan fingerprint density at radius 1 is 1.56 bits per heavy atom. The fourth-order valence-corrected chi connectivity index (χ4v) is 2.04. The van der Waals surface area contributed by atoms with Crippen LogP contribution in [0, 0.1) is 5.92 Å². The van der Waals surface area contributed by atoms with E-state index in [2.05, 4.69) is 4.98 Å². The van der Waals surface area contributed by atoms with Crippen LogP contribution in [0.3, 0.4) is 0 Å². The number of carbonyl (C=O) groups is 1. The lowest BCUT2D eigenvalue weighted by molar-refractivity contribution is -0.138. The van der Waals surface area contributed by atoms with Crippen molar-refractivity contribution in [3.05, 3.63) is 29.1 Å². The Balaban J connectivity index is 2.01. The number of carboxylic acid groups (broad SMARTS) is 1. The summed E-state index contributed by atoms with van der Waals surface area (Å²) in [6.07, 6.45) is 0.597. The van der Waals surface area contributed by atoms with Gasteiger partial charge in [0.15, 0.2) is 11.5 Å². The molecule has 1 aromatic heterocycles. The maximum atomic E-state index is 10.7. The van der Waals surface area contributed by atoms with Crippen molar-refractivity contribution in [3.8, 4) is 0 Å². The number of oxazole rings is 1. The summed E-state index contributed by atoms with van der Waals surface area (Å²) < 4.78 is 5.50. The lowest BCUT2D eigenvalue weighted by Crippen LogP contribution is -1.98. The summed E-state index contributed by atoms with van der Waals surface area (Å²) in [6, 6.07) is 5.31. The summed E-state index contributed by atoms with van der Waals surface area (Å²) in [4.78, 5) is 15.0. The van der Waals surface area contributed by atoms with Gasteiger partial charge in [-0.05, 0) is 18.6 Å². The molecule has 1 heterocycles. The predicted molar refractivity (Wildman–Crippen MR) is 57.5 cm³/mol. The Morgan fingerprint density at radius 3 is 3.00 bits per heavy atom.